The minimum Gasteiger partial charge on any atom is -0.313 e. The topological polar surface area (TPSA) is 15.3 Å². The smallest absolute Gasteiger partial charge is 0.146 e. The van der Waals surface area contributed by atoms with Crippen LogP contribution in [0.2, 0.25) is 5.02 Å². The van der Waals surface area contributed by atoms with Crippen molar-refractivity contribution in [1.82, 2.24) is 10.2 Å². The van der Waals surface area contributed by atoms with Crippen LogP contribution in [-0.2, 0) is 6.54 Å². The number of hydrogen-bond donors (Lipinski definition) is 1. The molecule has 1 aromatic carbocycles. The minimum atomic E-state index is -0.297. The first-order valence-corrected chi connectivity index (χ1v) is 6.81. The molecule has 0 aliphatic heterocycles. The average Bonchev–Trinajstić information content (AvgIpc) is 2.33. The van der Waals surface area contributed by atoms with Gasteiger partial charge in [-0.1, -0.05) is 44.5 Å². The van der Waals surface area contributed by atoms with Crippen LogP contribution in [-0.4, -0.2) is 30.6 Å². The van der Waals surface area contributed by atoms with Crippen molar-refractivity contribution in [2.24, 2.45) is 0 Å². The van der Waals surface area contributed by atoms with Crippen LogP contribution in [0.1, 0.15) is 26.3 Å². The van der Waals surface area contributed by atoms with Crippen LogP contribution in [0.25, 0.3) is 0 Å². The van der Waals surface area contributed by atoms with E-state index >= 15 is 0 Å². The Hall–Kier alpha value is -0.640. The largest absolute Gasteiger partial charge is 0.313 e. The fourth-order valence-corrected chi connectivity index (χ4v) is 1.97. The number of halogens is 2. The van der Waals surface area contributed by atoms with E-state index < -0.39 is 0 Å². The lowest BCUT2D eigenvalue weighted by Crippen LogP contribution is -2.34. The highest BCUT2D eigenvalue weighted by atomic mass is 35.5. The molecule has 18 heavy (non-hydrogen) atoms. The summed E-state index contributed by atoms with van der Waals surface area (Å²) in [6, 6.07) is 5.64. The van der Waals surface area contributed by atoms with E-state index in [-0.39, 0.29) is 10.8 Å². The Bertz CT molecular complexity index is 369. The maximum atomic E-state index is 13.8. The van der Waals surface area contributed by atoms with Gasteiger partial charge in [-0.15, -0.1) is 0 Å². The number of rotatable bonds is 7. The van der Waals surface area contributed by atoms with Crippen molar-refractivity contribution in [3.05, 3.63) is 34.6 Å². The lowest BCUT2D eigenvalue weighted by Gasteiger charge is -2.21. The summed E-state index contributed by atoms with van der Waals surface area (Å²) in [6.45, 7) is 9.63. The van der Waals surface area contributed by atoms with E-state index in [2.05, 4.69) is 31.0 Å². The summed E-state index contributed by atoms with van der Waals surface area (Å²) in [5.74, 6) is -0.297. The molecule has 2 nitrogen and oxygen atoms in total. The Morgan fingerprint density at radius 1 is 1.39 bits per heavy atom. The standard InChI is InChI=1S/C14H22ClFN2/c1-4-18(9-8-17-11(2)3)10-12-6-5-7-13(15)14(12)16/h5-7,11,17H,4,8-10H2,1-3H3. The average molecular weight is 273 g/mol. The van der Waals surface area contributed by atoms with Crippen molar-refractivity contribution in [1.29, 1.82) is 0 Å². The lowest BCUT2D eigenvalue weighted by atomic mass is 10.2. The van der Waals surface area contributed by atoms with E-state index in [1.54, 1.807) is 18.2 Å². The van der Waals surface area contributed by atoms with Gasteiger partial charge in [0.25, 0.3) is 0 Å². The van der Waals surface area contributed by atoms with Crippen LogP contribution >= 0.6 is 11.6 Å². The van der Waals surface area contributed by atoms with Gasteiger partial charge in [0.15, 0.2) is 0 Å². The Morgan fingerprint density at radius 2 is 2.11 bits per heavy atom. The van der Waals surface area contributed by atoms with Crippen molar-refractivity contribution in [3.63, 3.8) is 0 Å². The SMILES string of the molecule is CCN(CCNC(C)C)Cc1cccc(Cl)c1F. The lowest BCUT2D eigenvalue weighted by molar-refractivity contribution is 0.272. The summed E-state index contributed by atoms with van der Waals surface area (Å²) >= 11 is 5.78. The highest BCUT2D eigenvalue weighted by Crippen LogP contribution is 2.19. The quantitative estimate of drug-likeness (QED) is 0.819. The second-order valence-electron chi connectivity index (χ2n) is 4.69. The van der Waals surface area contributed by atoms with E-state index in [1.165, 1.54) is 0 Å². The second-order valence-corrected chi connectivity index (χ2v) is 5.10. The fourth-order valence-electron chi connectivity index (χ4n) is 1.77. The van der Waals surface area contributed by atoms with Crippen LogP contribution < -0.4 is 5.32 Å². The molecule has 0 aliphatic rings. The predicted octanol–water partition coefficient (Wildman–Crippen LogP) is 3.30. The molecule has 0 bridgehead atoms. The molecule has 0 aromatic heterocycles. The van der Waals surface area contributed by atoms with Gasteiger partial charge < -0.3 is 5.32 Å². The van der Waals surface area contributed by atoms with Crippen LogP contribution in [0.15, 0.2) is 18.2 Å². The summed E-state index contributed by atoms with van der Waals surface area (Å²) in [7, 11) is 0. The van der Waals surface area contributed by atoms with Crippen molar-refractivity contribution in [2.45, 2.75) is 33.4 Å². The molecule has 0 fully saturated rings. The molecule has 0 unspecified atom stereocenters. The molecule has 0 heterocycles. The number of nitrogens with zero attached hydrogens (tertiary/aromatic N) is 1. The molecule has 0 saturated heterocycles. The highest BCUT2D eigenvalue weighted by molar-refractivity contribution is 6.30. The van der Waals surface area contributed by atoms with Crippen molar-refractivity contribution >= 4 is 11.6 Å². The Balaban J connectivity index is 2.54. The number of nitrogens with one attached hydrogen (secondary N) is 1. The highest BCUT2D eigenvalue weighted by Gasteiger charge is 2.10. The second kappa shape index (κ2) is 7.72. The van der Waals surface area contributed by atoms with Gasteiger partial charge in [-0.25, -0.2) is 4.39 Å². The van der Waals surface area contributed by atoms with Gasteiger partial charge in [0.2, 0.25) is 0 Å². The number of benzene rings is 1. The van der Waals surface area contributed by atoms with Crippen molar-refractivity contribution in [3.8, 4) is 0 Å². The molecule has 4 heteroatoms. The summed E-state index contributed by atoms with van der Waals surface area (Å²) in [6.07, 6.45) is 0. The Morgan fingerprint density at radius 3 is 2.72 bits per heavy atom. The molecule has 102 valence electrons. The molecule has 0 aliphatic carbocycles. The number of hydrogen-bond acceptors (Lipinski definition) is 2. The first-order chi connectivity index (χ1) is 8.54. The number of likely N-dealkylation sites (N-methyl/N-ethyl adjacent to an activating group) is 1. The zero-order valence-corrected chi connectivity index (χ0v) is 12.1. The normalized spacial score (nSPS) is 11.5. The summed E-state index contributed by atoms with van der Waals surface area (Å²) < 4.78 is 13.8. The van der Waals surface area contributed by atoms with E-state index in [0.717, 1.165) is 19.6 Å². The predicted molar refractivity (Wildman–Crippen MR) is 75.5 cm³/mol. The minimum absolute atomic E-state index is 0.198. The molecule has 0 amide bonds. The van der Waals surface area contributed by atoms with E-state index in [4.69, 9.17) is 11.6 Å². The van der Waals surface area contributed by atoms with Gasteiger partial charge in [-0.2, -0.15) is 0 Å². The van der Waals surface area contributed by atoms with Gasteiger partial charge in [-0.3, -0.25) is 4.90 Å². The molecular weight excluding hydrogens is 251 g/mol. The first kappa shape index (κ1) is 15.4. The third kappa shape index (κ3) is 4.92. The van der Waals surface area contributed by atoms with Crippen LogP contribution in [0.4, 0.5) is 4.39 Å². The van der Waals surface area contributed by atoms with E-state index in [0.29, 0.717) is 18.2 Å². The van der Waals surface area contributed by atoms with Crippen molar-refractivity contribution < 1.29 is 4.39 Å². The van der Waals surface area contributed by atoms with Gasteiger partial charge >= 0.3 is 0 Å². The molecular formula is C14H22ClFN2. The Kier molecular flexibility index (Phi) is 6.61. The maximum absolute atomic E-state index is 13.8. The molecule has 0 saturated carbocycles. The van der Waals surface area contributed by atoms with Gasteiger partial charge in [0, 0.05) is 31.2 Å². The molecule has 0 radical (unpaired) electrons. The molecule has 1 aromatic rings. The first-order valence-electron chi connectivity index (χ1n) is 6.43. The summed E-state index contributed by atoms with van der Waals surface area (Å²) in [5, 5.41) is 3.56. The molecule has 1 N–H and O–H groups in total. The Labute approximate surface area is 114 Å². The zero-order valence-electron chi connectivity index (χ0n) is 11.3. The molecule has 0 atom stereocenters. The third-order valence-corrected chi connectivity index (χ3v) is 3.15. The summed E-state index contributed by atoms with van der Waals surface area (Å²) in [4.78, 5) is 2.20. The van der Waals surface area contributed by atoms with Gasteiger partial charge in [-0.05, 0) is 12.6 Å². The molecule has 1 rings (SSSR count). The third-order valence-electron chi connectivity index (χ3n) is 2.85. The van der Waals surface area contributed by atoms with E-state index in [9.17, 15) is 4.39 Å². The zero-order chi connectivity index (χ0) is 13.5. The van der Waals surface area contributed by atoms with Crippen LogP contribution in [0.3, 0.4) is 0 Å². The van der Waals surface area contributed by atoms with Gasteiger partial charge in [0.1, 0.15) is 5.82 Å². The van der Waals surface area contributed by atoms with Gasteiger partial charge in [0.05, 0.1) is 5.02 Å². The monoisotopic (exact) mass is 272 g/mol. The maximum Gasteiger partial charge on any atom is 0.146 e. The van der Waals surface area contributed by atoms with Crippen molar-refractivity contribution in [2.75, 3.05) is 19.6 Å². The fraction of sp³-hybridized carbons (Fsp3) is 0.571. The van der Waals surface area contributed by atoms with E-state index in [1.807, 2.05) is 0 Å². The van der Waals surface area contributed by atoms with Crippen LogP contribution in [0, 0.1) is 5.82 Å². The molecule has 0 spiro atoms. The van der Waals surface area contributed by atoms with Crippen LogP contribution in [0.5, 0.6) is 0 Å². The summed E-state index contributed by atoms with van der Waals surface area (Å²) in [5.41, 5.74) is 0.661.